The van der Waals surface area contributed by atoms with Crippen molar-refractivity contribution in [2.45, 2.75) is 20.8 Å². The molecule has 172 valence electrons. The average molecular weight is 460 g/mol. The second-order valence-corrected chi connectivity index (χ2v) is 7.83. The Labute approximate surface area is 192 Å². The molecule has 0 radical (unpaired) electrons. The number of hydrogen-bond acceptors (Lipinski definition) is 9. The van der Waals surface area contributed by atoms with Gasteiger partial charge in [0.25, 0.3) is 5.91 Å². The van der Waals surface area contributed by atoms with Gasteiger partial charge in [-0.2, -0.15) is 9.97 Å². The molecule has 3 aromatic rings. The molecule has 32 heavy (non-hydrogen) atoms. The molecule has 2 heterocycles. The highest BCUT2D eigenvalue weighted by Gasteiger charge is 2.25. The van der Waals surface area contributed by atoms with Gasteiger partial charge in [-0.1, -0.05) is 25.2 Å². The fourth-order valence-electron chi connectivity index (χ4n) is 3.18. The van der Waals surface area contributed by atoms with Crippen molar-refractivity contribution in [3.05, 3.63) is 30.0 Å². The van der Waals surface area contributed by atoms with E-state index in [0.717, 1.165) is 29.1 Å². The van der Waals surface area contributed by atoms with E-state index in [1.165, 1.54) is 31.6 Å². The Hall–Kier alpha value is -2.98. The van der Waals surface area contributed by atoms with Crippen LogP contribution >= 0.6 is 11.3 Å². The highest BCUT2D eigenvalue weighted by atomic mass is 32.1. The molecule has 0 aliphatic carbocycles. The zero-order valence-electron chi connectivity index (χ0n) is 19.1. The van der Waals surface area contributed by atoms with Crippen LogP contribution in [0.2, 0.25) is 0 Å². The first-order chi connectivity index (χ1) is 15.5. The molecule has 9 nitrogen and oxygen atoms in total. The van der Waals surface area contributed by atoms with Crippen molar-refractivity contribution >= 4 is 32.6 Å². The van der Waals surface area contributed by atoms with E-state index in [1.807, 2.05) is 25.1 Å². The molecule has 0 fully saturated rings. The Bertz CT molecular complexity index is 1030. The van der Waals surface area contributed by atoms with E-state index in [9.17, 15) is 4.79 Å². The standard InChI is InChI=1S/C22H29N5O4S/c1-6-26(7-2)11-12-27(20(28)17-14-19(29-4)25-21(23-17)30-5)22-24-16-10-9-15(31-8-3)13-18(16)32-22/h9-10,13-14H,6-8,11-12H2,1-5H3. The Morgan fingerprint density at radius 1 is 1.00 bits per heavy atom. The summed E-state index contributed by atoms with van der Waals surface area (Å²) in [5.74, 6) is 0.747. The summed E-state index contributed by atoms with van der Waals surface area (Å²) in [5.41, 5.74) is 0.995. The maximum atomic E-state index is 13.6. The average Bonchev–Trinajstić information content (AvgIpc) is 3.24. The van der Waals surface area contributed by atoms with E-state index in [0.29, 0.717) is 24.8 Å². The Morgan fingerprint density at radius 2 is 1.78 bits per heavy atom. The number of nitrogens with zero attached hydrogens (tertiary/aromatic N) is 5. The summed E-state index contributed by atoms with van der Waals surface area (Å²) in [5, 5.41) is 0.599. The van der Waals surface area contributed by atoms with Crippen LogP contribution in [0.15, 0.2) is 24.3 Å². The number of aromatic nitrogens is 3. The number of carbonyl (C=O) groups is 1. The summed E-state index contributed by atoms with van der Waals surface area (Å²) >= 11 is 1.44. The molecule has 3 rings (SSSR count). The van der Waals surface area contributed by atoms with E-state index in [2.05, 4.69) is 28.7 Å². The van der Waals surface area contributed by atoms with Crippen molar-refractivity contribution < 1.29 is 19.0 Å². The third kappa shape index (κ3) is 5.43. The van der Waals surface area contributed by atoms with Gasteiger partial charge in [-0.15, -0.1) is 0 Å². The SMILES string of the molecule is CCOc1ccc2nc(N(CCN(CC)CC)C(=O)c3cc(OC)nc(OC)n3)sc2c1. The minimum atomic E-state index is -0.291. The van der Waals surface area contributed by atoms with Crippen LogP contribution in [0.3, 0.4) is 0 Å². The van der Waals surface area contributed by atoms with Crippen LogP contribution in [0.25, 0.3) is 10.2 Å². The molecule has 0 N–H and O–H groups in total. The molecule has 0 spiro atoms. The quantitative estimate of drug-likeness (QED) is 0.430. The lowest BCUT2D eigenvalue weighted by Crippen LogP contribution is -2.39. The summed E-state index contributed by atoms with van der Waals surface area (Å²) in [6.45, 7) is 9.69. The molecule has 0 aliphatic heterocycles. The van der Waals surface area contributed by atoms with Gasteiger partial charge in [0.15, 0.2) is 5.13 Å². The van der Waals surface area contributed by atoms with Gasteiger partial charge in [0.1, 0.15) is 11.4 Å². The number of hydrogen-bond donors (Lipinski definition) is 0. The third-order valence-electron chi connectivity index (χ3n) is 4.96. The Balaban J connectivity index is 2.00. The van der Waals surface area contributed by atoms with Gasteiger partial charge in [0, 0.05) is 19.2 Å². The lowest BCUT2D eigenvalue weighted by atomic mass is 10.3. The first kappa shape index (κ1) is 23.7. The Kier molecular flexibility index (Phi) is 8.18. The van der Waals surface area contributed by atoms with E-state index < -0.39 is 0 Å². The van der Waals surface area contributed by atoms with Crippen molar-refractivity contribution in [1.29, 1.82) is 0 Å². The van der Waals surface area contributed by atoms with Crippen molar-refractivity contribution in [3.8, 4) is 17.6 Å². The van der Waals surface area contributed by atoms with Crippen molar-refractivity contribution in [3.63, 3.8) is 0 Å². The van der Waals surface area contributed by atoms with Crippen LogP contribution in [0.1, 0.15) is 31.3 Å². The zero-order valence-corrected chi connectivity index (χ0v) is 19.9. The summed E-state index contributed by atoms with van der Waals surface area (Å²) in [4.78, 5) is 30.5. The van der Waals surface area contributed by atoms with Crippen LogP contribution in [0, 0.1) is 0 Å². The van der Waals surface area contributed by atoms with Crippen LogP contribution in [0.4, 0.5) is 5.13 Å². The molecule has 1 amide bonds. The number of carbonyl (C=O) groups excluding carboxylic acids is 1. The number of anilines is 1. The van der Waals surface area contributed by atoms with Gasteiger partial charge >= 0.3 is 6.01 Å². The molecule has 0 aliphatic rings. The number of rotatable bonds is 11. The van der Waals surface area contributed by atoms with Crippen LogP contribution < -0.4 is 19.1 Å². The number of likely N-dealkylation sites (N-methyl/N-ethyl adjacent to an activating group) is 1. The van der Waals surface area contributed by atoms with Crippen molar-refractivity contribution in [2.75, 3.05) is 51.9 Å². The van der Waals surface area contributed by atoms with Crippen LogP contribution in [-0.4, -0.2) is 72.8 Å². The van der Waals surface area contributed by atoms with E-state index in [1.54, 1.807) is 4.90 Å². The number of amides is 1. The summed E-state index contributed by atoms with van der Waals surface area (Å²) < 4.78 is 16.9. The summed E-state index contributed by atoms with van der Waals surface area (Å²) in [6.07, 6.45) is 0. The predicted octanol–water partition coefficient (Wildman–Crippen LogP) is 3.49. The normalized spacial score (nSPS) is 11.1. The van der Waals surface area contributed by atoms with Gasteiger partial charge in [-0.25, -0.2) is 4.98 Å². The maximum absolute atomic E-state index is 13.6. The van der Waals surface area contributed by atoms with Crippen LogP contribution in [-0.2, 0) is 0 Å². The molecular formula is C22H29N5O4S. The molecule has 0 saturated heterocycles. The fraction of sp³-hybridized carbons (Fsp3) is 0.455. The second kappa shape index (κ2) is 11.1. The first-order valence-corrected chi connectivity index (χ1v) is 11.4. The number of benzene rings is 1. The van der Waals surface area contributed by atoms with Gasteiger partial charge in [0.05, 0.1) is 31.0 Å². The molecule has 0 bridgehead atoms. The molecule has 0 atom stereocenters. The van der Waals surface area contributed by atoms with E-state index in [4.69, 9.17) is 19.2 Å². The van der Waals surface area contributed by atoms with Crippen LogP contribution in [0.5, 0.6) is 17.6 Å². The minimum absolute atomic E-state index is 0.0713. The third-order valence-corrected chi connectivity index (χ3v) is 6.00. The smallest absolute Gasteiger partial charge is 0.320 e. The minimum Gasteiger partial charge on any atom is -0.494 e. The number of fused-ring (bicyclic) bond motifs is 1. The lowest BCUT2D eigenvalue weighted by molar-refractivity contribution is 0.0977. The molecule has 2 aromatic heterocycles. The molecular weight excluding hydrogens is 430 g/mol. The molecule has 1 aromatic carbocycles. The largest absolute Gasteiger partial charge is 0.494 e. The highest BCUT2D eigenvalue weighted by molar-refractivity contribution is 7.22. The second-order valence-electron chi connectivity index (χ2n) is 6.82. The van der Waals surface area contributed by atoms with Gasteiger partial charge < -0.3 is 19.1 Å². The molecule has 0 unspecified atom stereocenters. The summed E-state index contributed by atoms with van der Waals surface area (Å²) in [7, 11) is 2.93. The van der Waals surface area contributed by atoms with Crippen molar-refractivity contribution in [2.24, 2.45) is 0 Å². The number of thiazole rings is 1. The van der Waals surface area contributed by atoms with E-state index >= 15 is 0 Å². The number of ether oxygens (including phenoxy) is 3. The monoisotopic (exact) mass is 459 g/mol. The van der Waals surface area contributed by atoms with Gasteiger partial charge in [-0.05, 0) is 38.2 Å². The molecule has 10 heteroatoms. The topological polar surface area (TPSA) is 89.9 Å². The van der Waals surface area contributed by atoms with Crippen molar-refractivity contribution in [1.82, 2.24) is 19.9 Å². The molecule has 0 saturated carbocycles. The summed E-state index contributed by atoms with van der Waals surface area (Å²) in [6, 6.07) is 7.32. The fourth-order valence-corrected chi connectivity index (χ4v) is 4.20. The number of methoxy groups -OCH3 is 2. The predicted molar refractivity (Wildman–Crippen MR) is 125 cm³/mol. The first-order valence-electron chi connectivity index (χ1n) is 10.6. The van der Waals surface area contributed by atoms with E-state index in [-0.39, 0.29) is 23.5 Å². The highest BCUT2D eigenvalue weighted by Crippen LogP contribution is 2.32. The lowest BCUT2D eigenvalue weighted by Gasteiger charge is -2.24. The Morgan fingerprint density at radius 3 is 2.44 bits per heavy atom. The van der Waals surface area contributed by atoms with Gasteiger partial charge in [-0.3, -0.25) is 9.69 Å². The van der Waals surface area contributed by atoms with Gasteiger partial charge in [0.2, 0.25) is 5.88 Å². The maximum Gasteiger partial charge on any atom is 0.320 e. The zero-order chi connectivity index (χ0) is 23.1.